The first-order valence-electron chi connectivity index (χ1n) is 5.72. The van der Waals surface area contributed by atoms with Crippen molar-refractivity contribution in [3.05, 3.63) is 47.3 Å². The fourth-order valence-electron chi connectivity index (χ4n) is 1.82. The summed E-state index contributed by atoms with van der Waals surface area (Å²) in [5.41, 5.74) is -0.0724. The maximum Gasteiger partial charge on any atom is 0.138 e. The van der Waals surface area contributed by atoms with Crippen molar-refractivity contribution in [1.29, 1.82) is 0 Å². The second-order valence-corrected chi connectivity index (χ2v) is 4.71. The van der Waals surface area contributed by atoms with Crippen LogP contribution in [-0.4, -0.2) is 19.9 Å². The standard InChI is InChI=1S/C13H16FN3O/c1-9-4-5-10(6-11(9)14)13(2,18)7-12-15-8-16-17(12)3/h4-6,8,18H,7H2,1-3H3. The van der Waals surface area contributed by atoms with E-state index in [1.165, 1.54) is 12.4 Å². The van der Waals surface area contributed by atoms with E-state index in [4.69, 9.17) is 0 Å². The van der Waals surface area contributed by atoms with Crippen molar-refractivity contribution < 1.29 is 9.50 Å². The minimum absolute atomic E-state index is 0.284. The Labute approximate surface area is 105 Å². The Hall–Kier alpha value is -1.75. The van der Waals surface area contributed by atoms with Gasteiger partial charge in [0.1, 0.15) is 18.0 Å². The number of hydrogen-bond acceptors (Lipinski definition) is 3. The Morgan fingerprint density at radius 2 is 2.17 bits per heavy atom. The quantitative estimate of drug-likeness (QED) is 0.901. The highest BCUT2D eigenvalue weighted by Crippen LogP contribution is 2.25. The third-order valence-corrected chi connectivity index (χ3v) is 3.10. The first-order valence-corrected chi connectivity index (χ1v) is 5.72. The lowest BCUT2D eigenvalue weighted by Gasteiger charge is -2.23. The largest absolute Gasteiger partial charge is 0.385 e. The molecule has 1 unspecified atom stereocenters. The van der Waals surface area contributed by atoms with E-state index in [-0.39, 0.29) is 12.2 Å². The molecule has 0 aliphatic carbocycles. The van der Waals surface area contributed by atoms with Crippen LogP contribution in [0.5, 0.6) is 0 Å². The van der Waals surface area contributed by atoms with Crippen LogP contribution in [0.2, 0.25) is 0 Å². The predicted octanol–water partition coefficient (Wildman–Crippen LogP) is 1.71. The van der Waals surface area contributed by atoms with E-state index in [1.54, 1.807) is 37.7 Å². The third kappa shape index (κ3) is 2.41. The van der Waals surface area contributed by atoms with Crippen molar-refractivity contribution in [2.45, 2.75) is 25.9 Å². The topological polar surface area (TPSA) is 50.9 Å². The highest BCUT2D eigenvalue weighted by atomic mass is 19.1. The lowest BCUT2D eigenvalue weighted by molar-refractivity contribution is 0.0542. The molecular formula is C13H16FN3O. The van der Waals surface area contributed by atoms with Gasteiger partial charge in [-0.1, -0.05) is 12.1 Å². The summed E-state index contributed by atoms with van der Waals surface area (Å²) in [4.78, 5) is 4.06. The fourth-order valence-corrected chi connectivity index (χ4v) is 1.82. The summed E-state index contributed by atoms with van der Waals surface area (Å²) in [5, 5.41) is 14.4. The van der Waals surface area contributed by atoms with E-state index in [0.29, 0.717) is 17.0 Å². The SMILES string of the molecule is Cc1ccc(C(C)(O)Cc2ncnn2C)cc1F. The average Bonchev–Trinajstić information content (AvgIpc) is 2.67. The normalized spacial score (nSPS) is 14.5. The minimum atomic E-state index is -1.17. The lowest BCUT2D eigenvalue weighted by Crippen LogP contribution is -2.26. The van der Waals surface area contributed by atoms with Gasteiger partial charge in [-0.15, -0.1) is 0 Å². The van der Waals surface area contributed by atoms with Crippen LogP contribution in [0.25, 0.3) is 0 Å². The molecular weight excluding hydrogens is 233 g/mol. The van der Waals surface area contributed by atoms with Crippen LogP contribution in [0.15, 0.2) is 24.5 Å². The molecule has 1 N–H and O–H groups in total. The minimum Gasteiger partial charge on any atom is -0.385 e. The molecule has 0 amide bonds. The van der Waals surface area contributed by atoms with Gasteiger partial charge in [-0.05, 0) is 31.0 Å². The van der Waals surface area contributed by atoms with Gasteiger partial charge in [0.2, 0.25) is 0 Å². The Bertz CT molecular complexity index is 563. The molecule has 0 saturated carbocycles. The predicted molar refractivity (Wildman–Crippen MR) is 65.4 cm³/mol. The zero-order valence-electron chi connectivity index (χ0n) is 10.7. The van der Waals surface area contributed by atoms with Crippen molar-refractivity contribution >= 4 is 0 Å². The monoisotopic (exact) mass is 249 g/mol. The van der Waals surface area contributed by atoms with Gasteiger partial charge in [0, 0.05) is 13.5 Å². The molecule has 2 rings (SSSR count). The number of rotatable bonds is 3. The molecule has 2 aromatic rings. The summed E-state index contributed by atoms with van der Waals surface area (Å²) in [7, 11) is 1.76. The number of halogens is 1. The molecule has 5 heteroatoms. The van der Waals surface area contributed by atoms with Crippen molar-refractivity contribution in [1.82, 2.24) is 14.8 Å². The molecule has 0 aliphatic heterocycles. The van der Waals surface area contributed by atoms with Crippen LogP contribution in [0.1, 0.15) is 23.9 Å². The highest BCUT2D eigenvalue weighted by Gasteiger charge is 2.26. The molecule has 0 saturated heterocycles. The molecule has 96 valence electrons. The summed E-state index contributed by atoms with van der Waals surface area (Å²) in [6.45, 7) is 3.34. The summed E-state index contributed by atoms with van der Waals surface area (Å²) in [5.74, 6) is 0.340. The number of aromatic nitrogens is 3. The van der Waals surface area contributed by atoms with Gasteiger partial charge >= 0.3 is 0 Å². The fraction of sp³-hybridized carbons (Fsp3) is 0.385. The van der Waals surface area contributed by atoms with Crippen LogP contribution < -0.4 is 0 Å². The lowest BCUT2D eigenvalue weighted by atomic mass is 9.91. The van der Waals surface area contributed by atoms with Crippen LogP contribution in [0.4, 0.5) is 4.39 Å². The van der Waals surface area contributed by atoms with E-state index < -0.39 is 5.60 Å². The Balaban J connectivity index is 2.30. The van der Waals surface area contributed by atoms with Gasteiger partial charge in [0.25, 0.3) is 0 Å². The van der Waals surface area contributed by atoms with Gasteiger partial charge in [-0.3, -0.25) is 4.68 Å². The number of aryl methyl sites for hydroxylation is 2. The molecule has 0 fully saturated rings. The highest BCUT2D eigenvalue weighted by molar-refractivity contribution is 5.28. The van der Waals surface area contributed by atoms with Gasteiger partial charge < -0.3 is 5.11 Å². The Morgan fingerprint density at radius 1 is 1.44 bits per heavy atom. The maximum atomic E-state index is 13.5. The van der Waals surface area contributed by atoms with E-state index in [2.05, 4.69) is 10.1 Å². The number of aliphatic hydroxyl groups is 1. The van der Waals surface area contributed by atoms with E-state index >= 15 is 0 Å². The molecule has 0 aliphatic rings. The van der Waals surface area contributed by atoms with Crippen molar-refractivity contribution in [3.63, 3.8) is 0 Å². The second-order valence-electron chi connectivity index (χ2n) is 4.71. The molecule has 18 heavy (non-hydrogen) atoms. The van der Waals surface area contributed by atoms with Crippen LogP contribution in [-0.2, 0) is 19.1 Å². The first-order chi connectivity index (χ1) is 8.40. The molecule has 4 nitrogen and oxygen atoms in total. The van der Waals surface area contributed by atoms with Crippen LogP contribution in [0.3, 0.4) is 0 Å². The molecule has 1 aromatic carbocycles. The van der Waals surface area contributed by atoms with E-state index in [0.717, 1.165) is 0 Å². The van der Waals surface area contributed by atoms with Crippen LogP contribution >= 0.6 is 0 Å². The third-order valence-electron chi connectivity index (χ3n) is 3.10. The summed E-state index contributed by atoms with van der Waals surface area (Å²) >= 11 is 0. The van der Waals surface area contributed by atoms with Crippen molar-refractivity contribution in [2.24, 2.45) is 7.05 Å². The molecule has 1 atom stereocenters. The molecule has 1 aromatic heterocycles. The van der Waals surface area contributed by atoms with E-state index in [9.17, 15) is 9.50 Å². The summed E-state index contributed by atoms with van der Waals surface area (Å²) in [6, 6.07) is 4.76. The Morgan fingerprint density at radius 3 is 2.72 bits per heavy atom. The van der Waals surface area contributed by atoms with Gasteiger partial charge in [-0.2, -0.15) is 5.10 Å². The van der Waals surface area contributed by atoms with Gasteiger partial charge in [0.15, 0.2) is 0 Å². The number of benzene rings is 1. The first kappa shape index (κ1) is 12.7. The zero-order valence-corrected chi connectivity index (χ0v) is 10.7. The Kier molecular flexibility index (Phi) is 3.17. The molecule has 0 spiro atoms. The maximum absolute atomic E-state index is 13.5. The van der Waals surface area contributed by atoms with Crippen LogP contribution in [0, 0.1) is 12.7 Å². The molecule has 0 radical (unpaired) electrons. The van der Waals surface area contributed by atoms with E-state index in [1.807, 2.05) is 0 Å². The van der Waals surface area contributed by atoms with Crippen molar-refractivity contribution in [2.75, 3.05) is 0 Å². The molecule has 1 heterocycles. The summed E-state index contributed by atoms with van der Waals surface area (Å²) < 4.78 is 15.1. The average molecular weight is 249 g/mol. The summed E-state index contributed by atoms with van der Waals surface area (Å²) in [6.07, 6.45) is 1.72. The molecule has 0 bridgehead atoms. The van der Waals surface area contributed by atoms with Crippen molar-refractivity contribution in [3.8, 4) is 0 Å². The number of nitrogens with zero attached hydrogens (tertiary/aromatic N) is 3. The second kappa shape index (κ2) is 4.49. The smallest absolute Gasteiger partial charge is 0.138 e. The van der Waals surface area contributed by atoms with Gasteiger partial charge in [-0.25, -0.2) is 9.37 Å². The van der Waals surface area contributed by atoms with Gasteiger partial charge in [0.05, 0.1) is 5.60 Å². The zero-order chi connectivity index (χ0) is 13.3. The number of hydrogen-bond donors (Lipinski definition) is 1.